The fourth-order valence-electron chi connectivity index (χ4n) is 2.89. The van der Waals surface area contributed by atoms with Crippen LogP contribution in [0.5, 0.6) is 0 Å². The quantitative estimate of drug-likeness (QED) is 0.626. The van der Waals surface area contributed by atoms with E-state index in [-0.39, 0.29) is 6.61 Å². The number of aliphatic hydroxyl groups is 1. The second-order valence-corrected chi connectivity index (χ2v) is 5.98. The zero-order chi connectivity index (χ0) is 14.8. The van der Waals surface area contributed by atoms with E-state index in [1.54, 1.807) is 0 Å². The summed E-state index contributed by atoms with van der Waals surface area (Å²) in [6, 6.07) is 1.77. The molecular weight excluding hydrogens is 236 g/mol. The molecule has 0 radical (unpaired) electrons. The molecule has 0 aromatic carbocycles. The van der Waals surface area contributed by atoms with Crippen LogP contribution in [0.4, 0.5) is 0 Å². The highest BCUT2D eigenvalue weighted by molar-refractivity contribution is 4.74. The van der Waals surface area contributed by atoms with Gasteiger partial charge in [-0.3, -0.25) is 4.90 Å². The molecule has 0 aliphatic rings. The molecule has 19 heavy (non-hydrogen) atoms. The summed E-state index contributed by atoms with van der Waals surface area (Å²) in [6.45, 7) is 16.9. The smallest absolute Gasteiger partial charge is 0.0558 e. The highest BCUT2D eigenvalue weighted by Crippen LogP contribution is 2.15. The van der Waals surface area contributed by atoms with E-state index in [9.17, 15) is 5.11 Å². The molecule has 0 amide bonds. The van der Waals surface area contributed by atoms with Gasteiger partial charge < -0.3 is 10.0 Å². The largest absolute Gasteiger partial charge is 0.395 e. The zero-order valence-electron chi connectivity index (χ0n) is 14.0. The first-order valence-electron chi connectivity index (χ1n) is 8.08. The van der Waals surface area contributed by atoms with E-state index < -0.39 is 0 Å². The molecular formula is C16H36N2O. The molecule has 0 saturated carbocycles. The Kier molecular flexibility index (Phi) is 10.6. The molecule has 1 N–H and O–H groups in total. The van der Waals surface area contributed by atoms with E-state index in [0.717, 1.165) is 13.1 Å². The maximum Gasteiger partial charge on any atom is 0.0558 e. The minimum Gasteiger partial charge on any atom is -0.395 e. The maximum absolute atomic E-state index is 9.20. The van der Waals surface area contributed by atoms with E-state index in [4.69, 9.17) is 0 Å². The molecule has 0 bridgehead atoms. The minimum absolute atomic E-state index is 0.266. The molecule has 0 spiro atoms. The Morgan fingerprint density at radius 3 is 1.95 bits per heavy atom. The predicted octanol–water partition coefficient (Wildman–Crippen LogP) is 2.98. The molecule has 0 saturated heterocycles. The van der Waals surface area contributed by atoms with Crippen molar-refractivity contribution in [2.45, 2.75) is 78.9 Å². The Balaban J connectivity index is 4.24. The summed E-state index contributed by atoms with van der Waals surface area (Å²) in [5.74, 6) is 0. The number of hydrogen-bond donors (Lipinski definition) is 1. The third kappa shape index (κ3) is 7.28. The van der Waals surface area contributed by atoms with Gasteiger partial charge in [-0.1, -0.05) is 13.8 Å². The molecule has 0 aliphatic heterocycles. The van der Waals surface area contributed by atoms with Gasteiger partial charge in [-0.25, -0.2) is 0 Å². The summed E-state index contributed by atoms with van der Waals surface area (Å²) in [6.07, 6.45) is 3.66. The lowest BCUT2D eigenvalue weighted by Gasteiger charge is -2.35. The number of aliphatic hydroxyl groups excluding tert-OH is 1. The van der Waals surface area contributed by atoms with E-state index in [2.05, 4.69) is 51.3 Å². The summed E-state index contributed by atoms with van der Waals surface area (Å²) < 4.78 is 0. The van der Waals surface area contributed by atoms with Gasteiger partial charge in [0, 0.05) is 24.7 Å². The molecule has 3 heteroatoms. The van der Waals surface area contributed by atoms with Crippen molar-refractivity contribution in [3.05, 3.63) is 0 Å². The van der Waals surface area contributed by atoms with Gasteiger partial charge in [-0.2, -0.15) is 0 Å². The van der Waals surface area contributed by atoms with Crippen molar-refractivity contribution >= 4 is 0 Å². The lowest BCUT2D eigenvalue weighted by Crippen LogP contribution is -2.42. The van der Waals surface area contributed by atoms with E-state index in [1.807, 2.05) is 0 Å². The first-order valence-corrected chi connectivity index (χ1v) is 8.08. The van der Waals surface area contributed by atoms with Gasteiger partial charge in [0.05, 0.1) is 6.61 Å². The van der Waals surface area contributed by atoms with Crippen LogP contribution in [0.25, 0.3) is 0 Å². The normalized spacial score (nSPS) is 14.1. The summed E-state index contributed by atoms with van der Waals surface area (Å²) in [4.78, 5) is 4.98. The third-order valence-electron chi connectivity index (χ3n) is 4.08. The van der Waals surface area contributed by atoms with Gasteiger partial charge in [0.25, 0.3) is 0 Å². The van der Waals surface area contributed by atoms with Crippen LogP contribution in [0, 0.1) is 0 Å². The molecule has 0 aromatic heterocycles. The van der Waals surface area contributed by atoms with E-state index in [0.29, 0.717) is 18.1 Å². The highest BCUT2D eigenvalue weighted by atomic mass is 16.3. The van der Waals surface area contributed by atoms with E-state index >= 15 is 0 Å². The van der Waals surface area contributed by atoms with Crippen molar-refractivity contribution < 1.29 is 5.11 Å². The van der Waals surface area contributed by atoms with Crippen LogP contribution >= 0.6 is 0 Å². The topological polar surface area (TPSA) is 26.7 Å². The molecule has 3 nitrogen and oxygen atoms in total. The Hall–Kier alpha value is -0.120. The minimum atomic E-state index is 0.266. The van der Waals surface area contributed by atoms with Crippen molar-refractivity contribution in [2.75, 3.05) is 26.2 Å². The molecule has 116 valence electrons. The average molecular weight is 272 g/mol. The number of rotatable bonds is 11. The summed E-state index contributed by atoms with van der Waals surface area (Å²) in [5, 5.41) is 9.20. The van der Waals surface area contributed by atoms with E-state index in [1.165, 1.54) is 25.8 Å². The third-order valence-corrected chi connectivity index (χ3v) is 4.08. The van der Waals surface area contributed by atoms with Gasteiger partial charge in [0.15, 0.2) is 0 Å². The van der Waals surface area contributed by atoms with Crippen molar-refractivity contribution in [1.82, 2.24) is 9.80 Å². The summed E-state index contributed by atoms with van der Waals surface area (Å²) >= 11 is 0. The maximum atomic E-state index is 9.20. The Morgan fingerprint density at radius 2 is 1.58 bits per heavy atom. The predicted molar refractivity (Wildman–Crippen MR) is 84.6 cm³/mol. The first kappa shape index (κ1) is 18.9. The van der Waals surface area contributed by atoms with Crippen molar-refractivity contribution in [3.63, 3.8) is 0 Å². The van der Waals surface area contributed by atoms with Crippen molar-refractivity contribution in [1.29, 1.82) is 0 Å². The fourth-order valence-corrected chi connectivity index (χ4v) is 2.89. The SMILES string of the molecule is CCC(CCCN(CC)C(C)C)N(CCO)C(C)C. The standard InChI is InChI=1S/C16H36N2O/c1-7-16(18(12-13-19)15(5)6)10-9-11-17(8-2)14(3)4/h14-16,19H,7-13H2,1-6H3. The molecule has 0 aliphatic carbocycles. The van der Waals surface area contributed by atoms with Crippen LogP contribution in [0.3, 0.4) is 0 Å². The van der Waals surface area contributed by atoms with Gasteiger partial charge in [0.1, 0.15) is 0 Å². The molecule has 1 atom stereocenters. The second kappa shape index (κ2) is 10.6. The van der Waals surface area contributed by atoms with Gasteiger partial charge in [0.2, 0.25) is 0 Å². The van der Waals surface area contributed by atoms with Crippen molar-refractivity contribution in [2.24, 2.45) is 0 Å². The summed E-state index contributed by atoms with van der Waals surface area (Å²) in [5.41, 5.74) is 0. The Labute approximate surface area is 121 Å². The second-order valence-electron chi connectivity index (χ2n) is 5.98. The summed E-state index contributed by atoms with van der Waals surface area (Å²) in [7, 11) is 0. The Bertz CT molecular complexity index is 207. The zero-order valence-corrected chi connectivity index (χ0v) is 14.0. The van der Waals surface area contributed by atoms with Gasteiger partial charge in [-0.05, 0) is 60.0 Å². The van der Waals surface area contributed by atoms with Crippen molar-refractivity contribution in [3.8, 4) is 0 Å². The molecule has 0 heterocycles. The molecule has 0 rings (SSSR count). The van der Waals surface area contributed by atoms with Crippen LogP contribution in [0.1, 0.15) is 60.8 Å². The number of nitrogens with zero attached hydrogens (tertiary/aromatic N) is 2. The lowest BCUT2D eigenvalue weighted by atomic mass is 10.0. The van der Waals surface area contributed by atoms with Crippen LogP contribution in [-0.4, -0.2) is 59.3 Å². The lowest BCUT2D eigenvalue weighted by molar-refractivity contribution is 0.104. The highest BCUT2D eigenvalue weighted by Gasteiger charge is 2.19. The van der Waals surface area contributed by atoms with Gasteiger partial charge >= 0.3 is 0 Å². The molecule has 1 unspecified atom stereocenters. The van der Waals surface area contributed by atoms with Crippen LogP contribution in [0.2, 0.25) is 0 Å². The Morgan fingerprint density at radius 1 is 0.947 bits per heavy atom. The molecule has 0 aromatic rings. The monoisotopic (exact) mass is 272 g/mol. The van der Waals surface area contributed by atoms with Crippen LogP contribution in [-0.2, 0) is 0 Å². The van der Waals surface area contributed by atoms with Crippen LogP contribution < -0.4 is 0 Å². The van der Waals surface area contributed by atoms with Gasteiger partial charge in [-0.15, -0.1) is 0 Å². The van der Waals surface area contributed by atoms with Crippen LogP contribution in [0.15, 0.2) is 0 Å². The fraction of sp³-hybridized carbons (Fsp3) is 1.00. The first-order chi connectivity index (χ1) is 8.97. The molecule has 0 fully saturated rings. The number of hydrogen-bond acceptors (Lipinski definition) is 3. The average Bonchev–Trinajstić information content (AvgIpc) is 2.36.